The summed E-state index contributed by atoms with van der Waals surface area (Å²) < 4.78 is 0. The maximum atomic E-state index is 11.2. The monoisotopic (exact) mass is 214 g/mol. The second-order valence-corrected chi connectivity index (χ2v) is 5.46. The van der Waals surface area contributed by atoms with Crippen LogP contribution < -0.4 is 0 Å². The largest absolute Gasteiger partial charge is 0.481 e. The van der Waals surface area contributed by atoms with Gasteiger partial charge in [0.05, 0.1) is 5.41 Å². The number of hydrogen-bond donors (Lipinski definition) is 1. The van der Waals surface area contributed by atoms with E-state index in [0.29, 0.717) is 0 Å². The van der Waals surface area contributed by atoms with Crippen LogP contribution in [-0.4, -0.2) is 28.4 Å². The highest BCUT2D eigenvalue weighted by Gasteiger charge is 2.54. The Labute approximate surface area is 87.3 Å². The number of carbonyl (C=O) groups excluding carboxylic acids is 1. The van der Waals surface area contributed by atoms with Gasteiger partial charge >= 0.3 is 5.97 Å². The van der Waals surface area contributed by atoms with Gasteiger partial charge in [0, 0.05) is 12.8 Å². The van der Waals surface area contributed by atoms with Gasteiger partial charge in [0.25, 0.3) is 0 Å². The Morgan fingerprint density at radius 3 is 2.36 bits per heavy atom. The Balaban J connectivity index is 2.10. The number of carbonyl (C=O) groups is 2. The highest BCUT2D eigenvalue weighted by molar-refractivity contribution is 7.99. The molecule has 0 aromatic carbocycles. The van der Waals surface area contributed by atoms with Gasteiger partial charge in [0.2, 0.25) is 0 Å². The van der Waals surface area contributed by atoms with Crippen molar-refractivity contribution in [2.24, 2.45) is 11.3 Å². The smallest absolute Gasteiger partial charge is 0.310 e. The first-order valence-corrected chi connectivity index (χ1v) is 6.13. The Hall–Kier alpha value is -0.510. The molecule has 3 nitrogen and oxygen atoms in total. The minimum atomic E-state index is -0.756. The van der Waals surface area contributed by atoms with Crippen LogP contribution in [0.15, 0.2) is 0 Å². The molecule has 2 fully saturated rings. The fraction of sp³-hybridized carbons (Fsp3) is 0.800. The summed E-state index contributed by atoms with van der Waals surface area (Å²) in [5.74, 6) is 1.69. The molecule has 0 amide bonds. The fourth-order valence-electron chi connectivity index (χ4n) is 2.52. The van der Waals surface area contributed by atoms with E-state index in [0.717, 1.165) is 24.3 Å². The van der Waals surface area contributed by atoms with E-state index in [9.17, 15) is 14.7 Å². The molecule has 1 heterocycles. The highest BCUT2D eigenvalue weighted by Crippen LogP contribution is 2.49. The molecule has 0 radical (unpaired) electrons. The van der Waals surface area contributed by atoms with E-state index in [1.165, 1.54) is 0 Å². The summed E-state index contributed by atoms with van der Waals surface area (Å²) in [5, 5.41) is 9.19. The normalized spacial score (nSPS) is 27.0. The standard InChI is InChI=1S/C10H14O3S/c11-8-5-10(6-8,9(12)13)7-1-3-14-4-2-7/h7H,1-6H2,(H,12,13). The van der Waals surface area contributed by atoms with E-state index in [4.69, 9.17) is 0 Å². The van der Waals surface area contributed by atoms with Crippen molar-refractivity contribution >= 4 is 23.5 Å². The maximum Gasteiger partial charge on any atom is 0.310 e. The minimum absolute atomic E-state index is 0.116. The van der Waals surface area contributed by atoms with Crippen LogP contribution in [0.3, 0.4) is 0 Å². The third-order valence-corrected chi connectivity index (χ3v) is 4.50. The van der Waals surface area contributed by atoms with Crippen LogP contribution in [0, 0.1) is 11.3 Å². The molecule has 4 heteroatoms. The Morgan fingerprint density at radius 1 is 1.36 bits per heavy atom. The molecule has 2 aliphatic rings. The van der Waals surface area contributed by atoms with E-state index in [1.54, 1.807) is 0 Å². The third kappa shape index (κ3) is 1.45. The number of rotatable bonds is 2. The van der Waals surface area contributed by atoms with Gasteiger partial charge in [-0.3, -0.25) is 9.59 Å². The second-order valence-electron chi connectivity index (χ2n) is 4.24. The molecule has 2 rings (SSSR count). The molecule has 1 aliphatic heterocycles. The molecule has 0 aromatic rings. The number of hydrogen-bond acceptors (Lipinski definition) is 3. The molecule has 1 aliphatic carbocycles. The van der Waals surface area contributed by atoms with Gasteiger partial charge in [-0.25, -0.2) is 0 Å². The van der Waals surface area contributed by atoms with E-state index in [2.05, 4.69) is 0 Å². The SMILES string of the molecule is O=C1CC(C(=O)O)(C2CCSCC2)C1. The van der Waals surface area contributed by atoms with E-state index in [1.807, 2.05) is 11.8 Å². The molecule has 0 atom stereocenters. The van der Waals surface area contributed by atoms with Gasteiger partial charge in [-0.1, -0.05) is 0 Å². The predicted molar refractivity (Wildman–Crippen MR) is 54.4 cm³/mol. The topological polar surface area (TPSA) is 54.4 Å². The molecule has 14 heavy (non-hydrogen) atoms. The highest BCUT2D eigenvalue weighted by atomic mass is 32.2. The van der Waals surface area contributed by atoms with Crippen molar-refractivity contribution in [1.82, 2.24) is 0 Å². The zero-order valence-corrected chi connectivity index (χ0v) is 8.81. The third-order valence-electron chi connectivity index (χ3n) is 3.45. The first kappa shape index (κ1) is 10.0. The molecule has 0 spiro atoms. The van der Waals surface area contributed by atoms with Crippen molar-refractivity contribution in [2.45, 2.75) is 25.7 Å². The van der Waals surface area contributed by atoms with Crippen molar-refractivity contribution in [1.29, 1.82) is 0 Å². The number of aliphatic carboxylic acids is 1. The number of ketones is 1. The maximum absolute atomic E-state index is 11.2. The van der Waals surface area contributed by atoms with Gasteiger partial charge in [0.15, 0.2) is 0 Å². The van der Waals surface area contributed by atoms with Crippen LogP contribution in [0.25, 0.3) is 0 Å². The number of carboxylic acids is 1. The molecule has 1 saturated heterocycles. The Bertz CT molecular complexity index is 261. The van der Waals surface area contributed by atoms with Gasteiger partial charge in [-0.05, 0) is 30.3 Å². The van der Waals surface area contributed by atoms with E-state index < -0.39 is 11.4 Å². The summed E-state index contributed by atoms with van der Waals surface area (Å²) in [5.41, 5.74) is -0.682. The van der Waals surface area contributed by atoms with Gasteiger partial charge < -0.3 is 5.11 Å². The van der Waals surface area contributed by atoms with Crippen LogP contribution in [0.1, 0.15) is 25.7 Å². The molecule has 78 valence electrons. The Morgan fingerprint density at radius 2 is 1.93 bits per heavy atom. The van der Waals surface area contributed by atoms with Gasteiger partial charge in [-0.15, -0.1) is 0 Å². The lowest BCUT2D eigenvalue weighted by Gasteiger charge is -2.44. The van der Waals surface area contributed by atoms with Crippen LogP contribution in [0.5, 0.6) is 0 Å². The lowest BCUT2D eigenvalue weighted by atomic mass is 9.59. The molecule has 0 aromatic heterocycles. The van der Waals surface area contributed by atoms with Gasteiger partial charge in [0.1, 0.15) is 5.78 Å². The summed E-state index contributed by atoms with van der Waals surface area (Å²) in [7, 11) is 0. The zero-order valence-electron chi connectivity index (χ0n) is 7.99. The Kier molecular flexibility index (Phi) is 2.56. The number of Topliss-reactive ketones (excluding diaryl/α,β-unsaturated/α-hetero) is 1. The van der Waals surface area contributed by atoms with E-state index >= 15 is 0 Å². The summed E-state index contributed by atoms with van der Waals surface area (Å²) in [6, 6.07) is 0. The van der Waals surface area contributed by atoms with Crippen LogP contribution >= 0.6 is 11.8 Å². The average molecular weight is 214 g/mol. The molecule has 1 saturated carbocycles. The fourth-order valence-corrected chi connectivity index (χ4v) is 3.62. The second kappa shape index (κ2) is 3.57. The summed E-state index contributed by atoms with van der Waals surface area (Å²) in [4.78, 5) is 22.2. The van der Waals surface area contributed by atoms with Crippen LogP contribution in [0.4, 0.5) is 0 Å². The summed E-state index contributed by atoms with van der Waals surface area (Å²) in [6.07, 6.45) is 2.48. The predicted octanol–water partition coefficient (Wildman–Crippen LogP) is 1.56. The van der Waals surface area contributed by atoms with E-state index in [-0.39, 0.29) is 24.5 Å². The molecule has 0 unspecified atom stereocenters. The molecular weight excluding hydrogens is 200 g/mol. The summed E-state index contributed by atoms with van der Waals surface area (Å²) in [6.45, 7) is 0. The molecular formula is C10H14O3S. The quantitative estimate of drug-likeness (QED) is 0.758. The van der Waals surface area contributed by atoms with Crippen molar-refractivity contribution in [2.75, 3.05) is 11.5 Å². The lowest BCUT2D eigenvalue weighted by Crippen LogP contribution is -2.50. The van der Waals surface area contributed by atoms with Crippen molar-refractivity contribution < 1.29 is 14.7 Å². The minimum Gasteiger partial charge on any atom is -0.481 e. The zero-order chi connectivity index (χ0) is 10.2. The summed E-state index contributed by atoms with van der Waals surface area (Å²) >= 11 is 1.88. The van der Waals surface area contributed by atoms with Crippen molar-refractivity contribution in [3.8, 4) is 0 Å². The van der Waals surface area contributed by atoms with Crippen LogP contribution in [0.2, 0.25) is 0 Å². The average Bonchev–Trinajstić information content (AvgIpc) is 2.13. The first-order chi connectivity index (χ1) is 6.65. The van der Waals surface area contributed by atoms with Crippen LogP contribution in [-0.2, 0) is 9.59 Å². The van der Waals surface area contributed by atoms with Crippen molar-refractivity contribution in [3.05, 3.63) is 0 Å². The lowest BCUT2D eigenvalue weighted by molar-refractivity contribution is -0.166. The van der Waals surface area contributed by atoms with Crippen molar-refractivity contribution in [3.63, 3.8) is 0 Å². The molecule has 0 bridgehead atoms. The molecule has 1 N–H and O–H groups in total. The number of carboxylic acid groups (broad SMARTS) is 1. The first-order valence-electron chi connectivity index (χ1n) is 4.98. The van der Waals surface area contributed by atoms with Gasteiger partial charge in [-0.2, -0.15) is 11.8 Å². The number of thioether (sulfide) groups is 1.